The molecule has 0 aliphatic carbocycles. The van der Waals surface area contributed by atoms with Crippen molar-refractivity contribution in [2.75, 3.05) is 20.8 Å². The summed E-state index contributed by atoms with van der Waals surface area (Å²) in [5, 5.41) is 22.9. The number of aromatic hydroxyl groups is 2. The molecule has 0 amide bonds. The van der Waals surface area contributed by atoms with E-state index in [2.05, 4.69) is 12.2 Å². The van der Waals surface area contributed by atoms with Crippen molar-refractivity contribution < 1.29 is 24.4 Å². The Bertz CT molecular complexity index is 862. The third-order valence-corrected chi connectivity index (χ3v) is 4.79. The van der Waals surface area contributed by atoms with Crippen LogP contribution in [0, 0.1) is 0 Å². The van der Waals surface area contributed by atoms with Crippen LogP contribution in [0.5, 0.6) is 23.0 Å². The molecule has 28 heavy (non-hydrogen) atoms. The second-order valence-corrected chi connectivity index (χ2v) is 6.67. The van der Waals surface area contributed by atoms with Crippen molar-refractivity contribution in [3.05, 3.63) is 47.0 Å². The van der Waals surface area contributed by atoms with Crippen molar-refractivity contribution in [2.45, 2.75) is 32.4 Å². The number of hydrogen-bond acceptors (Lipinski definition) is 6. The minimum Gasteiger partial charge on any atom is -0.504 e. The van der Waals surface area contributed by atoms with Gasteiger partial charge in [0.25, 0.3) is 0 Å². The molecule has 1 unspecified atom stereocenters. The average Bonchev–Trinajstić information content (AvgIpc) is 2.71. The molecule has 6 nitrogen and oxygen atoms in total. The summed E-state index contributed by atoms with van der Waals surface area (Å²) >= 11 is 0. The number of nitrogens with one attached hydrogen (secondary N) is 1. The van der Waals surface area contributed by atoms with Crippen LogP contribution in [0.4, 0.5) is 0 Å². The minimum atomic E-state index is -0.423. The quantitative estimate of drug-likeness (QED) is 0.461. The molecule has 2 aromatic carbocycles. The standard InChI is InChI=1S/C22H27NO5/c1-4-5-6-11-28-22-20-15(8-10-19(26-2)21(20)27-3)12-16(23-22)14-7-9-17(24)18(25)13-14/h7-10,12-13,22-25H,4-6,11H2,1-3H3. The number of hydrogen-bond donors (Lipinski definition) is 3. The lowest BCUT2D eigenvalue weighted by molar-refractivity contribution is 0.0352. The first-order valence-electron chi connectivity index (χ1n) is 9.46. The summed E-state index contributed by atoms with van der Waals surface area (Å²) in [4.78, 5) is 0. The zero-order chi connectivity index (χ0) is 20.1. The highest BCUT2D eigenvalue weighted by atomic mass is 16.5. The zero-order valence-corrected chi connectivity index (χ0v) is 16.5. The first-order chi connectivity index (χ1) is 13.6. The summed E-state index contributed by atoms with van der Waals surface area (Å²) in [5.74, 6) is 0.958. The third-order valence-electron chi connectivity index (χ3n) is 4.79. The summed E-state index contributed by atoms with van der Waals surface area (Å²) < 4.78 is 17.2. The fourth-order valence-electron chi connectivity index (χ4n) is 3.31. The highest BCUT2D eigenvalue weighted by Gasteiger charge is 2.28. The number of benzene rings is 2. The van der Waals surface area contributed by atoms with Gasteiger partial charge in [-0.1, -0.05) is 25.8 Å². The van der Waals surface area contributed by atoms with Crippen LogP contribution in [-0.4, -0.2) is 31.0 Å². The molecule has 150 valence electrons. The number of phenolic OH excluding ortho intramolecular Hbond substituents is 2. The summed E-state index contributed by atoms with van der Waals surface area (Å²) in [6, 6.07) is 8.55. The van der Waals surface area contributed by atoms with Gasteiger partial charge in [-0.05, 0) is 42.3 Å². The van der Waals surface area contributed by atoms with Crippen LogP contribution in [0.2, 0.25) is 0 Å². The number of methoxy groups -OCH3 is 2. The molecule has 0 radical (unpaired) electrons. The van der Waals surface area contributed by atoms with E-state index in [0.717, 1.165) is 41.6 Å². The van der Waals surface area contributed by atoms with Crippen LogP contribution >= 0.6 is 0 Å². The van der Waals surface area contributed by atoms with Gasteiger partial charge in [0.2, 0.25) is 0 Å². The average molecular weight is 385 g/mol. The third kappa shape index (κ3) is 4.02. The molecule has 0 saturated heterocycles. The SMILES string of the molecule is CCCCCOC1NC(c2ccc(O)c(O)c2)=Cc2ccc(OC)c(OC)c21. The molecule has 0 spiro atoms. The van der Waals surface area contributed by atoms with E-state index in [9.17, 15) is 10.2 Å². The van der Waals surface area contributed by atoms with Crippen molar-refractivity contribution in [3.8, 4) is 23.0 Å². The maximum Gasteiger partial charge on any atom is 0.169 e. The summed E-state index contributed by atoms with van der Waals surface area (Å²) in [7, 11) is 3.22. The van der Waals surface area contributed by atoms with E-state index in [-0.39, 0.29) is 11.5 Å². The predicted octanol–water partition coefficient (Wildman–Crippen LogP) is 4.42. The molecular weight excluding hydrogens is 358 g/mol. The molecule has 1 aliphatic rings. The summed E-state index contributed by atoms with van der Waals surface area (Å²) in [6.45, 7) is 2.76. The first kappa shape index (κ1) is 19.9. The van der Waals surface area contributed by atoms with Gasteiger partial charge in [0.15, 0.2) is 29.2 Å². The molecule has 1 aliphatic heterocycles. The number of fused-ring (bicyclic) bond motifs is 1. The van der Waals surface area contributed by atoms with Crippen LogP contribution in [0.3, 0.4) is 0 Å². The van der Waals surface area contributed by atoms with Crippen molar-refractivity contribution >= 4 is 11.8 Å². The van der Waals surface area contributed by atoms with E-state index in [1.165, 1.54) is 12.1 Å². The number of rotatable bonds is 8. The molecular formula is C22H27NO5. The largest absolute Gasteiger partial charge is 0.504 e. The van der Waals surface area contributed by atoms with E-state index in [4.69, 9.17) is 14.2 Å². The Morgan fingerprint density at radius 1 is 1.00 bits per heavy atom. The highest BCUT2D eigenvalue weighted by molar-refractivity contribution is 5.85. The van der Waals surface area contributed by atoms with Gasteiger partial charge in [-0.15, -0.1) is 0 Å². The van der Waals surface area contributed by atoms with Gasteiger partial charge in [-0.3, -0.25) is 0 Å². The molecule has 0 aromatic heterocycles. The molecule has 2 aromatic rings. The van der Waals surface area contributed by atoms with Crippen molar-refractivity contribution in [3.63, 3.8) is 0 Å². The van der Waals surface area contributed by atoms with Crippen LogP contribution < -0.4 is 14.8 Å². The van der Waals surface area contributed by atoms with E-state index < -0.39 is 6.23 Å². The first-order valence-corrected chi connectivity index (χ1v) is 9.46. The number of phenols is 2. The van der Waals surface area contributed by atoms with Crippen molar-refractivity contribution in [1.82, 2.24) is 5.32 Å². The maximum absolute atomic E-state index is 9.87. The zero-order valence-electron chi connectivity index (χ0n) is 16.5. The maximum atomic E-state index is 9.87. The fraction of sp³-hybridized carbons (Fsp3) is 0.364. The van der Waals surface area contributed by atoms with E-state index in [1.54, 1.807) is 20.3 Å². The lowest BCUT2D eigenvalue weighted by atomic mass is 9.96. The van der Waals surface area contributed by atoms with Crippen LogP contribution in [-0.2, 0) is 4.74 Å². The Balaban J connectivity index is 2.01. The summed E-state index contributed by atoms with van der Waals surface area (Å²) in [5.41, 5.74) is 3.36. The molecule has 0 saturated carbocycles. The van der Waals surface area contributed by atoms with Crippen molar-refractivity contribution in [2.24, 2.45) is 0 Å². The smallest absolute Gasteiger partial charge is 0.169 e. The summed E-state index contributed by atoms with van der Waals surface area (Å²) in [6.07, 6.45) is 4.73. The van der Waals surface area contributed by atoms with E-state index in [0.29, 0.717) is 18.1 Å². The van der Waals surface area contributed by atoms with E-state index in [1.807, 2.05) is 18.2 Å². The van der Waals surface area contributed by atoms with Crippen LogP contribution in [0.25, 0.3) is 11.8 Å². The Morgan fingerprint density at radius 2 is 1.82 bits per heavy atom. The van der Waals surface area contributed by atoms with Gasteiger partial charge in [0, 0.05) is 17.9 Å². The molecule has 6 heteroatoms. The fourth-order valence-corrected chi connectivity index (χ4v) is 3.31. The predicted molar refractivity (Wildman–Crippen MR) is 109 cm³/mol. The minimum absolute atomic E-state index is 0.153. The molecule has 1 atom stereocenters. The monoisotopic (exact) mass is 385 g/mol. The Kier molecular flexibility index (Phi) is 6.31. The van der Waals surface area contributed by atoms with Gasteiger partial charge in [-0.25, -0.2) is 0 Å². The molecule has 0 bridgehead atoms. The molecule has 1 heterocycles. The van der Waals surface area contributed by atoms with Gasteiger partial charge < -0.3 is 29.7 Å². The highest BCUT2D eigenvalue weighted by Crippen LogP contribution is 2.42. The second-order valence-electron chi connectivity index (χ2n) is 6.67. The van der Waals surface area contributed by atoms with Crippen LogP contribution in [0.1, 0.15) is 49.1 Å². The lowest BCUT2D eigenvalue weighted by Crippen LogP contribution is -2.27. The lowest BCUT2D eigenvalue weighted by Gasteiger charge is -2.30. The molecule has 3 N–H and O–H groups in total. The van der Waals surface area contributed by atoms with Gasteiger partial charge in [0.1, 0.15) is 0 Å². The van der Waals surface area contributed by atoms with Gasteiger partial charge in [0.05, 0.1) is 19.8 Å². The van der Waals surface area contributed by atoms with Crippen LogP contribution in [0.15, 0.2) is 30.3 Å². The second kappa shape index (κ2) is 8.89. The van der Waals surface area contributed by atoms with Crippen molar-refractivity contribution in [1.29, 1.82) is 0 Å². The Labute approximate surface area is 165 Å². The topological polar surface area (TPSA) is 80.2 Å². The molecule has 0 fully saturated rings. The molecule has 3 rings (SSSR count). The van der Waals surface area contributed by atoms with E-state index >= 15 is 0 Å². The Morgan fingerprint density at radius 3 is 2.50 bits per heavy atom. The number of ether oxygens (including phenoxy) is 3. The van der Waals surface area contributed by atoms with Gasteiger partial charge >= 0.3 is 0 Å². The van der Waals surface area contributed by atoms with Gasteiger partial charge in [-0.2, -0.15) is 0 Å². The Hall–Kier alpha value is -2.86. The normalized spacial score (nSPS) is 15.4. The number of unbranched alkanes of at least 4 members (excludes halogenated alkanes) is 2.